The van der Waals surface area contributed by atoms with Gasteiger partial charge in [-0.05, 0) is 49.3 Å². The molecule has 1 atom stereocenters. The quantitative estimate of drug-likeness (QED) is 0.666. The third-order valence-corrected chi connectivity index (χ3v) is 6.17. The first-order valence-corrected chi connectivity index (χ1v) is 10.2. The normalized spacial score (nSPS) is 22.3. The van der Waals surface area contributed by atoms with Crippen LogP contribution in [0.4, 0.5) is 0 Å². The largest absolute Gasteiger partial charge is 0.375 e. The first kappa shape index (κ1) is 20.6. The van der Waals surface area contributed by atoms with E-state index in [1.807, 2.05) is 18.2 Å². The SMILES string of the molecule is CN(C)C(=O)COCCC1CCOC12CCN(Cc1cccc(Cl)c1)CC2. The molecule has 1 aromatic rings. The second kappa shape index (κ2) is 9.37. The van der Waals surface area contributed by atoms with Crippen LogP contribution in [0.3, 0.4) is 0 Å². The number of nitrogens with zero attached hydrogens (tertiary/aromatic N) is 2. The predicted octanol–water partition coefficient (Wildman–Crippen LogP) is 3.21. The molecule has 0 N–H and O–H groups in total. The van der Waals surface area contributed by atoms with Gasteiger partial charge in [0.25, 0.3) is 0 Å². The molecule has 0 saturated carbocycles. The molecule has 5 nitrogen and oxygen atoms in total. The fourth-order valence-corrected chi connectivity index (χ4v) is 4.46. The van der Waals surface area contributed by atoms with E-state index in [2.05, 4.69) is 11.0 Å². The fraction of sp³-hybridized carbons (Fsp3) is 0.667. The summed E-state index contributed by atoms with van der Waals surface area (Å²) in [6.45, 7) is 4.67. The molecule has 27 heavy (non-hydrogen) atoms. The molecular formula is C21H31ClN2O3. The van der Waals surface area contributed by atoms with Gasteiger partial charge in [-0.25, -0.2) is 0 Å². The van der Waals surface area contributed by atoms with Crippen LogP contribution >= 0.6 is 11.6 Å². The van der Waals surface area contributed by atoms with Crippen LogP contribution in [0.25, 0.3) is 0 Å². The number of carbonyl (C=O) groups is 1. The average molecular weight is 395 g/mol. The number of hydrogen-bond acceptors (Lipinski definition) is 4. The second-order valence-corrected chi connectivity index (χ2v) is 8.37. The van der Waals surface area contributed by atoms with Crippen molar-refractivity contribution in [3.05, 3.63) is 34.9 Å². The Morgan fingerprint density at radius 1 is 1.37 bits per heavy atom. The maximum atomic E-state index is 11.6. The number of rotatable bonds is 7. The van der Waals surface area contributed by atoms with Crippen molar-refractivity contribution in [3.8, 4) is 0 Å². The minimum Gasteiger partial charge on any atom is -0.375 e. The molecule has 2 heterocycles. The molecule has 0 aliphatic carbocycles. The van der Waals surface area contributed by atoms with Crippen molar-refractivity contribution in [2.45, 2.75) is 37.8 Å². The topological polar surface area (TPSA) is 42.0 Å². The van der Waals surface area contributed by atoms with Crippen molar-refractivity contribution in [1.29, 1.82) is 0 Å². The van der Waals surface area contributed by atoms with E-state index in [0.29, 0.717) is 12.5 Å². The third kappa shape index (κ3) is 5.44. The maximum Gasteiger partial charge on any atom is 0.248 e. The highest BCUT2D eigenvalue weighted by molar-refractivity contribution is 6.30. The molecule has 1 unspecified atom stereocenters. The lowest BCUT2D eigenvalue weighted by atomic mass is 9.78. The number of benzene rings is 1. The van der Waals surface area contributed by atoms with Gasteiger partial charge in [0.15, 0.2) is 0 Å². The lowest BCUT2D eigenvalue weighted by Crippen LogP contribution is -2.47. The van der Waals surface area contributed by atoms with Crippen LogP contribution < -0.4 is 0 Å². The number of piperidine rings is 1. The standard InChI is InChI=1S/C21H31ClN2O3/c1-23(2)20(25)16-26-12-6-18-7-13-27-21(18)8-10-24(11-9-21)15-17-4-3-5-19(22)14-17/h3-5,14,18H,6-13,15-16H2,1-2H3. The van der Waals surface area contributed by atoms with E-state index in [1.54, 1.807) is 19.0 Å². The summed E-state index contributed by atoms with van der Waals surface area (Å²) in [4.78, 5) is 15.7. The molecule has 2 fully saturated rings. The highest BCUT2D eigenvalue weighted by Crippen LogP contribution is 2.42. The Labute approximate surface area is 167 Å². The fourth-order valence-electron chi connectivity index (χ4n) is 4.24. The van der Waals surface area contributed by atoms with Crippen molar-refractivity contribution in [3.63, 3.8) is 0 Å². The highest BCUT2D eigenvalue weighted by atomic mass is 35.5. The molecule has 0 bridgehead atoms. The smallest absolute Gasteiger partial charge is 0.248 e. The van der Waals surface area contributed by atoms with Gasteiger partial charge in [-0.15, -0.1) is 0 Å². The minimum absolute atomic E-state index is 0.000248. The summed E-state index contributed by atoms with van der Waals surface area (Å²) in [5.74, 6) is 0.544. The molecule has 3 rings (SSSR count). The zero-order chi connectivity index (χ0) is 19.3. The Balaban J connectivity index is 1.45. The van der Waals surface area contributed by atoms with Crippen LogP contribution in [0.2, 0.25) is 5.02 Å². The summed E-state index contributed by atoms with van der Waals surface area (Å²) < 4.78 is 11.8. The number of halogens is 1. The Kier molecular flexibility index (Phi) is 7.15. The van der Waals surface area contributed by atoms with Gasteiger partial charge in [0, 0.05) is 52.0 Å². The van der Waals surface area contributed by atoms with E-state index in [9.17, 15) is 4.79 Å². The number of likely N-dealkylation sites (tertiary alicyclic amines) is 1. The van der Waals surface area contributed by atoms with Crippen LogP contribution in [0, 0.1) is 5.92 Å². The Bertz CT molecular complexity index is 630. The van der Waals surface area contributed by atoms with Crippen molar-refractivity contribution >= 4 is 17.5 Å². The molecular weight excluding hydrogens is 364 g/mol. The van der Waals surface area contributed by atoms with Crippen LogP contribution in [-0.4, -0.2) is 68.3 Å². The van der Waals surface area contributed by atoms with Crippen molar-refractivity contribution < 1.29 is 14.3 Å². The van der Waals surface area contributed by atoms with Gasteiger partial charge < -0.3 is 14.4 Å². The highest BCUT2D eigenvalue weighted by Gasteiger charge is 2.45. The van der Waals surface area contributed by atoms with Crippen LogP contribution in [0.1, 0.15) is 31.2 Å². The van der Waals surface area contributed by atoms with Crippen LogP contribution in [0.15, 0.2) is 24.3 Å². The summed E-state index contributed by atoms with van der Waals surface area (Å²) in [5.41, 5.74) is 1.26. The molecule has 2 saturated heterocycles. The van der Waals surface area contributed by atoms with Gasteiger partial charge in [-0.2, -0.15) is 0 Å². The monoisotopic (exact) mass is 394 g/mol. The minimum atomic E-state index is -0.000248. The van der Waals surface area contributed by atoms with E-state index in [1.165, 1.54) is 5.56 Å². The molecule has 1 spiro atoms. The van der Waals surface area contributed by atoms with Gasteiger partial charge in [0.1, 0.15) is 6.61 Å². The zero-order valence-corrected chi connectivity index (χ0v) is 17.2. The Morgan fingerprint density at radius 2 is 2.15 bits per heavy atom. The third-order valence-electron chi connectivity index (χ3n) is 5.93. The summed E-state index contributed by atoms with van der Waals surface area (Å²) in [5, 5.41) is 0.799. The summed E-state index contributed by atoms with van der Waals surface area (Å²) in [6, 6.07) is 8.12. The molecule has 1 aromatic carbocycles. The Morgan fingerprint density at radius 3 is 2.85 bits per heavy atom. The van der Waals surface area contributed by atoms with Crippen LogP contribution in [-0.2, 0) is 20.8 Å². The molecule has 2 aliphatic rings. The van der Waals surface area contributed by atoms with Gasteiger partial charge in [0.05, 0.1) is 5.60 Å². The van der Waals surface area contributed by atoms with E-state index >= 15 is 0 Å². The number of hydrogen-bond donors (Lipinski definition) is 0. The zero-order valence-electron chi connectivity index (χ0n) is 16.5. The molecule has 0 aromatic heterocycles. The lowest BCUT2D eigenvalue weighted by Gasteiger charge is -2.42. The lowest BCUT2D eigenvalue weighted by molar-refractivity contribution is -0.133. The predicted molar refractivity (Wildman–Crippen MR) is 107 cm³/mol. The summed E-state index contributed by atoms with van der Waals surface area (Å²) in [7, 11) is 3.51. The number of likely N-dealkylation sites (N-methyl/N-ethyl adjacent to an activating group) is 1. The van der Waals surface area contributed by atoms with Crippen LogP contribution in [0.5, 0.6) is 0 Å². The van der Waals surface area contributed by atoms with Gasteiger partial charge >= 0.3 is 0 Å². The average Bonchev–Trinajstić information content (AvgIpc) is 3.03. The molecule has 0 radical (unpaired) electrons. The van der Waals surface area contributed by atoms with E-state index < -0.39 is 0 Å². The van der Waals surface area contributed by atoms with E-state index in [0.717, 1.165) is 56.9 Å². The number of amides is 1. The van der Waals surface area contributed by atoms with Gasteiger partial charge in [0.2, 0.25) is 5.91 Å². The Hall–Kier alpha value is -1.14. The maximum absolute atomic E-state index is 11.6. The molecule has 2 aliphatic heterocycles. The molecule has 150 valence electrons. The van der Waals surface area contributed by atoms with Gasteiger partial charge in [-0.3, -0.25) is 9.69 Å². The first-order valence-electron chi connectivity index (χ1n) is 9.87. The summed E-state index contributed by atoms with van der Waals surface area (Å²) >= 11 is 6.10. The second-order valence-electron chi connectivity index (χ2n) is 7.93. The van der Waals surface area contributed by atoms with Crippen molar-refractivity contribution in [2.75, 3.05) is 47.0 Å². The number of ether oxygens (including phenoxy) is 2. The first-order chi connectivity index (χ1) is 13.0. The number of carbonyl (C=O) groups excluding carboxylic acids is 1. The summed E-state index contributed by atoms with van der Waals surface area (Å²) in [6.07, 6.45) is 4.19. The molecule has 6 heteroatoms. The van der Waals surface area contributed by atoms with E-state index in [-0.39, 0.29) is 18.1 Å². The van der Waals surface area contributed by atoms with Gasteiger partial charge in [-0.1, -0.05) is 23.7 Å². The van der Waals surface area contributed by atoms with E-state index in [4.69, 9.17) is 21.1 Å². The molecule has 1 amide bonds. The van der Waals surface area contributed by atoms with Crippen molar-refractivity contribution in [1.82, 2.24) is 9.80 Å². The van der Waals surface area contributed by atoms with Crippen molar-refractivity contribution in [2.24, 2.45) is 5.92 Å².